The van der Waals surface area contributed by atoms with Crippen molar-refractivity contribution in [2.24, 2.45) is 17.3 Å². The lowest BCUT2D eigenvalue weighted by Crippen LogP contribution is -2.45. The normalized spacial score (nSPS) is 38.3. The maximum absolute atomic E-state index is 10.5. The number of rotatable bonds is 2. The Morgan fingerprint density at radius 2 is 1.89 bits per heavy atom. The summed E-state index contributed by atoms with van der Waals surface area (Å²) >= 11 is 0. The number of likely N-dealkylation sites (tertiary alicyclic amines) is 1. The van der Waals surface area contributed by atoms with Crippen LogP contribution in [-0.4, -0.2) is 35.7 Å². The van der Waals surface area contributed by atoms with Gasteiger partial charge in [0.2, 0.25) is 0 Å². The summed E-state index contributed by atoms with van der Waals surface area (Å²) in [7, 11) is 0. The lowest BCUT2D eigenvalue weighted by molar-refractivity contribution is -0.0427. The van der Waals surface area contributed by atoms with E-state index in [-0.39, 0.29) is 11.5 Å². The van der Waals surface area contributed by atoms with Crippen molar-refractivity contribution in [3.63, 3.8) is 0 Å². The van der Waals surface area contributed by atoms with Crippen LogP contribution in [0.4, 0.5) is 0 Å². The number of aliphatic hydroxyl groups excluding tert-OH is 1. The highest BCUT2D eigenvalue weighted by atomic mass is 16.3. The minimum atomic E-state index is -0.105. The van der Waals surface area contributed by atoms with E-state index in [0.29, 0.717) is 5.92 Å². The predicted octanol–water partition coefficient (Wildman–Crippen LogP) is 3.30. The maximum Gasteiger partial charge on any atom is 0.0631 e. The van der Waals surface area contributed by atoms with E-state index in [0.717, 1.165) is 12.5 Å². The molecule has 2 fully saturated rings. The van der Waals surface area contributed by atoms with Crippen LogP contribution in [0.1, 0.15) is 59.3 Å². The van der Waals surface area contributed by atoms with Crippen molar-refractivity contribution >= 4 is 0 Å². The van der Waals surface area contributed by atoms with Crippen LogP contribution in [0.3, 0.4) is 0 Å². The van der Waals surface area contributed by atoms with Crippen molar-refractivity contribution < 1.29 is 5.11 Å². The van der Waals surface area contributed by atoms with E-state index in [1.54, 1.807) is 0 Å². The van der Waals surface area contributed by atoms with E-state index < -0.39 is 0 Å². The summed E-state index contributed by atoms with van der Waals surface area (Å²) in [6.45, 7) is 10.4. The molecular weight excluding hydrogens is 222 g/mol. The standard InChI is InChI=1S/C16H31NO/c1-13-6-5-10-17(11-8-13)12-14-7-4-9-16(2,3)15(14)18/h13-15,18H,4-12H2,1-3H3. The molecule has 2 rings (SSSR count). The van der Waals surface area contributed by atoms with Gasteiger partial charge in [0.05, 0.1) is 6.10 Å². The summed E-state index contributed by atoms with van der Waals surface area (Å²) < 4.78 is 0. The molecule has 2 nitrogen and oxygen atoms in total. The SMILES string of the molecule is CC1CCCN(CC2CCCC(C)(C)C2O)CC1. The molecule has 2 heteroatoms. The molecule has 0 radical (unpaired) electrons. The topological polar surface area (TPSA) is 23.5 Å². The third-order valence-corrected chi connectivity index (χ3v) is 5.25. The number of hydrogen-bond acceptors (Lipinski definition) is 2. The lowest BCUT2D eigenvalue weighted by atomic mass is 9.69. The Morgan fingerprint density at radius 1 is 1.11 bits per heavy atom. The first-order valence-electron chi connectivity index (χ1n) is 7.89. The number of aliphatic hydroxyl groups is 1. The van der Waals surface area contributed by atoms with Gasteiger partial charge in [-0.3, -0.25) is 0 Å². The van der Waals surface area contributed by atoms with Gasteiger partial charge >= 0.3 is 0 Å². The molecule has 1 saturated carbocycles. The van der Waals surface area contributed by atoms with E-state index in [1.165, 1.54) is 51.6 Å². The summed E-state index contributed by atoms with van der Waals surface area (Å²) in [5, 5.41) is 10.5. The Balaban J connectivity index is 1.88. The van der Waals surface area contributed by atoms with Gasteiger partial charge in [-0.2, -0.15) is 0 Å². The van der Waals surface area contributed by atoms with Crippen LogP contribution in [0.25, 0.3) is 0 Å². The quantitative estimate of drug-likeness (QED) is 0.816. The van der Waals surface area contributed by atoms with Crippen LogP contribution in [0.2, 0.25) is 0 Å². The molecule has 1 saturated heterocycles. The molecule has 0 amide bonds. The van der Waals surface area contributed by atoms with Gasteiger partial charge in [-0.25, -0.2) is 0 Å². The largest absolute Gasteiger partial charge is 0.392 e. The molecule has 0 aromatic rings. The fourth-order valence-electron chi connectivity index (χ4n) is 3.79. The number of hydrogen-bond donors (Lipinski definition) is 1. The van der Waals surface area contributed by atoms with Gasteiger partial charge in [-0.15, -0.1) is 0 Å². The zero-order chi connectivity index (χ0) is 13.2. The van der Waals surface area contributed by atoms with Crippen LogP contribution in [-0.2, 0) is 0 Å². The third-order valence-electron chi connectivity index (χ3n) is 5.25. The Labute approximate surface area is 113 Å². The second-order valence-electron chi connectivity index (χ2n) is 7.42. The second-order valence-corrected chi connectivity index (χ2v) is 7.42. The molecule has 0 spiro atoms. The van der Waals surface area contributed by atoms with Gasteiger partial charge in [0.1, 0.15) is 0 Å². The molecular formula is C16H31NO. The molecule has 1 aliphatic heterocycles. The predicted molar refractivity (Wildman–Crippen MR) is 76.6 cm³/mol. The van der Waals surface area contributed by atoms with Crippen LogP contribution < -0.4 is 0 Å². The average Bonchev–Trinajstić information content (AvgIpc) is 2.50. The summed E-state index contributed by atoms with van der Waals surface area (Å²) in [6, 6.07) is 0. The lowest BCUT2D eigenvalue weighted by Gasteiger charge is -2.42. The molecule has 3 atom stereocenters. The average molecular weight is 253 g/mol. The van der Waals surface area contributed by atoms with Crippen LogP contribution in [0.15, 0.2) is 0 Å². The molecule has 2 aliphatic rings. The fraction of sp³-hybridized carbons (Fsp3) is 1.00. The minimum Gasteiger partial charge on any atom is -0.392 e. The molecule has 1 N–H and O–H groups in total. The molecule has 1 heterocycles. The summed E-state index contributed by atoms with van der Waals surface area (Å²) in [6.07, 6.45) is 7.65. The van der Waals surface area contributed by atoms with E-state index in [2.05, 4.69) is 25.7 Å². The smallest absolute Gasteiger partial charge is 0.0631 e. The van der Waals surface area contributed by atoms with Gasteiger partial charge in [0.25, 0.3) is 0 Å². The van der Waals surface area contributed by atoms with Gasteiger partial charge in [-0.05, 0) is 62.4 Å². The molecule has 0 aromatic heterocycles. The molecule has 1 aliphatic carbocycles. The van der Waals surface area contributed by atoms with Crippen molar-refractivity contribution in [3.05, 3.63) is 0 Å². The monoisotopic (exact) mass is 253 g/mol. The first-order valence-corrected chi connectivity index (χ1v) is 7.89. The van der Waals surface area contributed by atoms with Crippen molar-refractivity contribution in [2.45, 2.75) is 65.4 Å². The molecule has 3 unspecified atom stereocenters. The first-order chi connectivity index (χ1) is 8.49. The molecule has 0 aromatic carbocycles. The third kappa shape index (κ3) is 3.48. The Bertz CT molecular complexity index is 264. The van der Waals surface area contributed by atoms with E-state index in [9.17, 15) is 5.11 Å². The Kier molecular flexibility index (Phi) is 4.71. The van der Waals surface area contributed by atoms with Crippen LogP contribution in [0, 0.1) is 17.3 Å². The van der Waals surface area contributed by atoms with Crippen molar-refractivity contribution in [1.82, 2.24) is 4.90 Å². The highest BCUT2D eigenvalue weighted by Crippen LogP contribution is 2.39. The van der Waals surface area contributed by atoms with Gasteiger partial charge in [0, 0.05) is 6.54 Å². The highest BCUT2D eigenvalue weighted by molar-refractivity contribution is 4.89. The van der Waals surface area contributed by atoms with Crippen molar-refractivity contribution in [1.29, 1.82) is 0 Å². The van der Waals surface area contributed by atoms with Gasteiger partial charge < -0.3 is 10.0 Å². The van der Waals surface area contributed by atoms with Crippen LogP contribution >= 0.6 is 0 Å². The fourth-order valence-corrected chi connectivity index (χ4v) is 3.79. The summed E-state index contributed by atoms with van der Waals surface area (Å²) in [5.74, 6) is 1.39. The zero-order valence-electron chi connectivity index (χ0n) is 12.5. The van der Waals surface area contributed by atoms with Crippen LogP contribution in [0.5, 0.6) is 0 Å². The molecule has 18 heavy (non-hydrogen) atoms. The number of nitrogens with zero attached hydrogens (tertiary/aromatic N) is 1. The van der Waals surface area contributed by atoms with E-state index >= 15 is 0 Å². The first kappa shape index (κ1) is 14.3. The summed E-state index contributed by atoms with van der Waals surface area (Å²) in [5.41, 5.74) is 0.127. The van der Waals surface area contributed by atoms with Gasteiger partial charge in [-0.1, -0.05) is 27.2 Å². The Morgan fingerprint density at radius 3 is 2.67 bits per heavy atom. The van der Waals surface area contributed by atoms with E-state index in [4.69, 9.17) is 0 Å². The molecule has 106 valence electrons. The Hall–Kier alpha value is -0.0800. The van der Waals surface area contributed by atoms with Crippen molar-refractivity contribution in [3.8, 4) is 0 Å². The van der Waals surface area contributed by atoms with E-state index in [1.807, 2.05) is 0 Å². The summed E-state index contributed by atoms with van der Waals surface area (Å²) in [4.78, 5) is 2.61. The minimum absolute atomic E-state index is 0.105. The zero-order valence-corrected chi connectivity index (χ0v) is 12.5. The van der Waals surface area contributed by atoms with Crippen molar-refractivity contribution in [2.75, 3.05) is 19.6 Å². The molecule has 0 bridgehead atoms. The highest BCUT2D eigenvalue weighted by Gasteiger charge is 2.38. The second kappa shape index (κ2) is 5.92. The van der Waals surface area contributed by atoms with Gasteiger partial charge in [0.15, 0.2) is 0 Å². The maximum atomic E-state index is 10.5.